The first-order valence-corrected chi connectivity index (χ1v) is 18.8. The lowest BCUT2D eigenvalue weighted by Crippen LogP contribution is -2.42. The number of thioether (sulfide) groups is 1. The number of anilines is 2. The number of nitro groups is 1. The predicted molar refractivity (Wildman–Crippen MR) is 182 cm³/mol. The molecule has 17 heteroatoms. The maximum Gasteiger partial charge on any atom is 0.305 e. The van der Waals surface area contributed by atoms with Crippen LogP contribution < -0.4 is 25.0 Å². The van der Waals surface area contributed by atoms with Crippen molar-refractivity contribution >= 4 is 67.9 Å². The minimum Gasteiger partial charge on any atom is -0.484 e. The van der Waals surface area contributed by atoms with Crippen molar-refractivity contribution in [3.05, 3.63) is 103 Å². The number of nitro benzene ring substituents is 1. The van der Waals surface area contributed by atoms with Gasteiger partial charge in [-0.15, -0.1) is 11.8 Å². The number of H-pyrrole nitrogens is 1. The van der Waals surface area contributed by atoms with Gasteiger partial charge in [0.05, 0.1) is 32.4 Å². The van der Waals surface area contributed by atoms with Crippen LogP contribution in [0.3, 0.4) is 0 Å². The third-order valence-corrected chi connectivity index (χ3v) is 13.6. The van der Waals surface area contributed by atoms with E-state index in [-0.39, 0.29) is 62.8 Å². The molecule has 8 rings (SSSR count). The first-order valence-electron chi connectivity index (χ1n) is 15.6. The molecule has 4 aromatic rings. The summed E-state index contributed by atoms with van der Waals surface area (Å²) in [6.45, 7) is -0.334. The number of ether oxygens (including phenoxy) is 1. The molecular formula is C33H27N5O9S3. The summed E-state index contributed by atoms with van der Waals surface area (Å²) < 4.78 is 28.9. The zero-order valence-corrected chi connectivity index (χ0v) is 28.2. The SMILES string of the molecule is NS(=O)(=O)c1ccc(NC(=O)COc2cccc([C@@H]3c4sc(=O)[nH]c4S[C@@H]4[C@@H]5C[C@@H]([C@@H]6C(=O)N(c7ccc([N+](=O)[O-])cc7)C(=O)[C@@H]56)[C@H]34)c2)cc1. The van der Waals surface area contributed by atoms with Crippen LogP contribution in [0.15, 0.2) is 87.5 Å². The molecule has 1 aromatic heterocycles. The summed E-state index contributed by atoms with van der Waals surface area (Å²) in [4.78, 5) is 68.5. The lowest BCUT2D eigenvalue weighted by molar-refractivity contribution is -0.384. The molecule has 2 bridgehead atoms. The zero-order chi connectivity index (χ0) is 35.1. The highest BCUT2D eigenvalue weighted by Crippen LogP contribution is 2.68. The molecule has 3 aromatic carbocycles. The molecule has 0 spiro atoms. The molecular weight excluding hydrogens is 707 g/mol. The predicted octanol–water partition coefficient (Wildman–Crippen LogP) is 3.69. The second-order valence-corrected chi connectivity index (χ2v) is 16.5. The molecule has 3 heterocycles. The summed E-state index contributed by atoms with van der Waals surface area (Å²) >= 11 is 2.68. The number of amides is 3. The number of nitrogens with zero attached hydrogens (tertiary/aromatic N) is 2. The topological polar surface area (TPSA) is 212 Å². The second-order valence-electron chi connectivity index (χ2n) is 12.7. The molecule has 256 valence electrons. The monoisotopic (exact) mass is 733 g/mol. The molecule has 1 saturated heterocycles. The fraction of sp³-hybridized carbons (Fsp3) is 0.273. The molecule has 2 saturated carbocycles. The molecule has 4 N–H and O–H groups in total. The molecule has 4 aliphatic rings. The van der Waals surface area contributed by atoms with E-state index >= 15 is 0 Å². The number of hydrogen-bond donors (Lipinski definition) is 3. The van der Waals surface area contributed by atoms with Crippen molar-refractivity contribution in [1.29, 1.82) is 0 Å². The van der Waals surface area contributed by atoms with E-state index in [9.17, 15) is 37.7 Å². The van der Waals surface area contributed by atoms with E-state index in [0.29, 0.717) is 23.5 Å². The molecule has 0 radical (unpaired) electrons. The summed E-state index contributed by atoms with van der Waals surface area (Å²) in [5.74, 6) is -2.33. The zero-order valence-electron chi connectivity index (χ0n) is 25.8. The number of nitrogens with two attached hydrogens (primary N) is 1. The third-order valence-electron chi connectivity index (χ3n) is 10.1. The van der Waals surface area contributed by atoms with Crippen LogP contribution in [0, 0.1) is 39.7 Å². The number of benzene rings is 3. The van der Waals surface area contributed by atoms with Crippen molar-refractivity contribution in [2.75, 3.05) is 16.8 Å². The Bertz CT molecular complexity index is 2250. The highest BCUT2D eigenvalue weighted by Gasteiger charge is 2.69. The fourth-order valence-electron chi connectivity index (χ4n) is 8.24. The summed E-state index contributed by atoms with van der Waals surface area (Å²) in [5, 5.41) is 19.7. The van der Waals surface area contributed by atoms with Crippen LogP contribution in [-0.2, 0) is 24.4 Å². The Labute approximate surface area is 292 Å². The van der Waals surface area contributed by atoms with E-state index in [4.69, 9.17) is 9.88 Å². The maximum absolute atomic E-state index is 14.0. The highest BCUT2D eigenvalue weighted by atomic mass is 32.2. The average molecular weight is 734 g/mol. The second kappa shape index (κ2) is 11.9. The highest BCUT2D eigenvalue weighted by molar-refractivity contribution is 8.00. The summed E-state index contributed by atoms with van der Waals surface area (Å²) in [6.07, 6.45) is 0.688. The van der Waals surface area contributed by atoms with Crippen molar-refractivity contribution in [1.82, 2.24) is 4.98 Å². The molecule has 0 unspecified atom stereocenters. The van der Waals surface area contributed by atoms with Gasteiger partial charge in [0, 0.05) is 33.9 Å². The smallest absolute Gasteiger partial charge is 0.305 e. The number of carbonyl (C=O) groups excluding carboxylic acids is 3. The van der Waals surface area contributed by atoms with E-state index in [1.165, 1.54) is 53.4 Å². The normalized spacial score (nSPS) is 26.3. The van der Waals surface area contributed by atoms with Crippen LogP contribution in [0.4, 0.5) is 17.1 Å². The van der Waals surface area contributed by atoms with Gasteiger partial charge >= 0.3 is 4.87 Å². The van der Waals surface area contributed by atoms with Gasteiger partial charge in [-0.25, -0.2) is 13.6 Å². The van der Waals surface area contributed by atoms with Gasteiger partial charge in [-0.2, -0.15) is 0 Å². The first-order chi connectivity index (χ1) is 23.9. The molecule has 7 atom stereocenters. The minimum absolute atomic E-state index is 0.0476. The number of primary sulfonamides is 1. The average Bonchev–Trinajstić information content (AvgIpc) is 3.82. The van der Waals surface area contributed by atoms with Gasteiger partial charge in [0.2, 0.25) is 21.8 Å². The summed E-state index contributed by atoms with van der Waals surface area (Å²) in [5.41, 5.74) is 1.38. The van der Waals surface area contributed by atoms with Gasteiger partial charge in [0.25, 0.3) is 11.6 Å². The molecule has 50 heavy (non-hydrogen) atoms. The lowest BCUT2D eigenvalue weighted by atomic mass is 9.68. The van der Waals surface area contributed by atoms with Crippen LogP contribution in [0.5, 0.6) is 5.75 Å². The lowest BCUT2D eigenvalue weighted by Gasteiger charge is -2.43. The number of imide groups is 1. The number of rotatable bonds is 8. The number of fused-ring (bicyclic) bond motifs is 9. The quantitative estimate of drug-likeness (QED) is 0.136. The van der Waals surface area contributed by atoms with Crippen LogP contribution >= 0.6 is 23.1 Å². The molecule has 2 aliphatic heterocycles. The van der Waals surface area contributed by atoms with E-state index < -0.39 is 32.7 Å². The number of hydrogen-bond acceptors (Lipinski definition) is 11. The molecule has 3 fully saturated rings. The van der Waals surface area contributed by atoms with Gasteiger partial charge in [0.15, 0.2) is 6.61 Å². The van der Waals surface area contributed by atoms with Crippen molar-refractivity contribution in [2.24, 2.45) is 34.7 Å². The third kappa shape index (κ3) is 5.31. The van der Waals surface area contributed by atoms with Crippen LogP contribution in [0.25, 0.3) is 0 Å². The minimum atomic E-state index is -3.87. The van der Waals surface area contributed by atoms with E-state index in [2.05, 4.69) is 10.3 Å². The number of non-ortho nitro benzene ring substituents is 1. The van der Waals surface area contributed by atoms with Crippen LogP contribution in [0.2, 0.25) is 0 Å². The number of aromatic amines is 1. The Balaban J connectivity index is 1.05. The number of aromatic nitrogens is 1. The number of thiazole rings is 1. The Morgan fingerprint density at radius 2 is 1.72 bits per heavy atom. The molecule has 3 amide bonds. The van der Waals surface area contributed by atoms with Gasteiger partial charge in [-0.1, -0.05) is 23.5 Å². The maximum atomic E-state index is 14.0. The van der Waals surface area contributed by atoms with Gasteiger partial charge in [0.1, 0.15) is 5.75 Å². The van der Waals surface area contributed by atoms with Crippen LogP contribution in [-0.4, -0.2) is 47.9 Å². The Kier molecular flexibility index (Phi) is 7.70. The van der Waals surface area contributed by atoms with Gasteiger partial charge in [-0.05, 0) is 78.3 Å². The fourth-order valence-corrected chi connectivity index (χ4v) is 11.6. The molecule has 14 nitrogen and oxygen atoms in total. The van der Waals surface area contributed by atoms with E-state index in [1.807, 2.05) is 12.1 Å². The van der Waals surface area contributed by atoms with Gasteiger partial charge < -0.3 is 15.0 Å². The molecule has 2 aliphatic carbocycles. The first kappa shape index (κ1) is 32.4. The van der Waals surface area contributed by atoms with E-state index in [1.54, 1.807) is 23.9 Å². The standard InChI is InChI=1S/C33H27N5O9S3/c34-50(45,46)20-10-4-16(5-11-20)35-23(39)14-47-19-3-1-2-15(12-19)24-25-21-13-22(28(25)48-30-29(24)49-33(42)36-30)27-26(21)31(40)37(32(27)41)17-6-8-18(9-7-17)38(43)44/h1-12,21-22,24-28H,13-14H2,(H,35,39)(H,36,42)(H2,34,45,46)/t21-,22-,24+,25-,26+,27+,28-/m1/s1. The van der Waals surface area contributed by atoms with Crippen LogP contribution in [0.1, 0.15) is 22.8 Å². The van der Waals surface area contributed by atoms with E-state index in [0.717, 1.165) is 26.8 Å². The number of carbonyl (C=O) groups is 3. The van der Waals surface area contributed by atoms with Crippen molar-refractivity contribution in [2.45, 2.75) is 27.5 Å². The Morgan fingerprint density at radius 3 is 2.40 bits per heavy atom. The summed E-state index contributed by atoms with van der Waals surface area (Å²) in [7, 11) is -3.87. The largest absolute Gasteiger partial charge is 0.484 e. The summed E-state index contributed by atoms with van der Waals surface area (Å²) in [6, 6.07) is 18.1. The number of sulfonamides is 1. The van der Waals surface area contributed by atoms with Crippen molar-refractivity contribution in [3.8, 4) is 5.75 Å². The Morgan fingerprint density at radius 1 is 1.02 bits per heavy atom. The van der Waals surface area contributed by atoms with Crippen molar-refractivity contribution < 1.29 is 32.5 Å². The Hall–Kier alpha value is -4.84. The van der Waals surface area contributed by atoms with Crippen molar-refractivity contribution in [3.63, 3.8) is 0 Å². The number of nitrogens with one attached hydrogen (secondary N) is 2. The van der Waals surface area contributed by atoms with Gasteiger partial charge in [-0.3, -0.25) is 34.2 Å².